The first-order valence-electron chi connectivity index (χ1n) is 10.0. The summed E-state index contributed by atoms with van der Waals surface area (Å²) in [5.41, 5.74) is 0.386. The molecule has 8 nitrogen and oxygen atoms in total. The molecule has 2 fully saturated rings. The predicted octanol–water partition coefficient (Wildman–Crippen LogP) is 2.09. The van der Waals surface area contributed by atoms with E-state index in [4.69, 9.17) is 16.3 Å². The van der Waals surface area contributed by atoms with E-state index in [-0.39, 0.29) is 11.8 Å². The Bertz CT molecular complexity index is 918. The number of amides is 2. The van der Waals surface area contributed by atoms with Crippen molar-refractivity contribution >= 4 is 29.2 Å². The lowest BCUT2D eigenvalue weighted by atomic mass is 10.1. The molecular formula is C21H24ClN5O3. The number of carbonyl (C=O) groups is 2. The Kier molecular flexibility index (Phi) is 6.03. The summed E-state index contributed by atoms with van der Waals surface area (Å²) < 4.78 is 5.33. The fraction of sp³-hybridized carbons (Fsp3) is 0.429. The van der Waals surface area contributed by atoms with Crippen LogP contribution in [0.15, 0.2) is 36.8 Å². The van der Waals surface area contributed by atoms with Gasteiger partial charge in [0, 0.05) is 50.1 Å². The third kappa shape index (κ3) is 4.05. The quantitative estimate of drug-likeness (QED) is 0.740. The molecule has 2 aliphatic rings. The van der Waals surface area contributed by atoms with E-state index in [2.05, 4.69) is 14.9 Å². The third-order valence-corrected chi connectivity index (χ3v) is 5.89. The van der Waals surface area contributed by atoms with Crippen molar-refractivity contribution in [1.82, 2.24) is 19.8 Å². The van der Waals surface area contributed by atoms with Crippen LogP contribution >= 0.6 is 11.6 Å². The van der Waals surface area contributed by atoms with Gasteiger partial charge in [0.25, 0.3) is 5.91 Å². The highest BCUT2D eigenvalue weighted by molar-refractivity contribution is 6.31. The summed E-state index contributed by atoms with van der Waals surface area (Å²) in [5, 5.41) is 0.460. The van der Waals surface area contributed by atoms with E-state index in [1.54, 1.807) is 41.7 Å². The summed E-state index contributed by atoms with van der Waals surface area (Å²) >= 11 is 6.09. The molecule has 0 N–H and O–H groups in total. The zero-order chi connectivity index (χ0) is 21.1. The molecule has 158 valence electrons. The molecule has 0 aliphatic carbocycles. The van der Waals surface area contributed by atoms with Gasteiger partial charge in [0.1, 0.15) is 17.6 Å². The average Bonchev–Trinajstić information content (AvgIpc) is 3.28. The van der Waals surface area contributed by atoms with Crippen molar-refractivity contribution in [3.8, 4) is 5.75 Å². The molecule has 30 heavy (non-hydrogen) atoms. The summed E-state index contributed by atoms with van der Waals surface area (Å²) in [6, 6.07) is 4.50. The largest absolute Gasteiger partial charge is 0.496 e. The minimum atomic E-state index is -0.454. The number of rotatable bonds is 4. The zero-order valence-electron chi connectivity index (χ0n) is 16.8. The van der Waals surface area contributed by atoms with Crippen LogP contribution < -0.4 is 9.64 Å². The summed E-state index contributed by atoms with van der Waals surface area (Å²) in [6.07, 6.45) is 6.50. The number of piperazine rings is 1. The summed E-state index contributed by atoms with van der Waals surface area (Å²) in [5.74, 6) is 1.06. The van der Waals surface area contributed by atoms with Crippen molar-refractivity contribution in [3.05, 3.63) is 47.4 Å². The number of benzene rings is 1. The highest BCUT2D eigenvalue weighted by Crippen LogP contribution is 2.28. The van der Waals surface area contributed by atoms with Crippen LogP contribution in [0.3, 0.4) is 0 Å². The van der Waals surface area contributed by atoms with Gasteiger partial charge >= 0.3 is 0 Å². The maximum Gasteiger partial charge on any atom is 0.258 e. The molecule has 1 aromatic carbocycles. The Morgan fingerprint density at radius 2 is 1.93 bits per heavy atom. The molecule has 0 spiro atoms. The Hall–Kier alpha value is -2.87. The fourth-order valence-electron chi connectivity index (χ4n) is 4.09. The number of nitrogens with zero attached hydrogens (tertiary/aromatic N) is 5. The van der Waals surface area contributed by atoms with Crippen molar-refractivity contribution in [2.24, 2.45) is 0 Å². The van der Waals surface area contributed by atoms with Crippen molar-refractivity contribution in [3.63, 3.8) is 0 Å². The summed E-state index contributed by atoms with van der Waals surface area (Å²) in [4.78, 5) is 40.5. The molecule has 2 saturated heterocycles. The molecule has 2 amide bonds. The second kappa shape index (κ2) is 8.87. The number of hydrogen-bond acceptors (Lipinski definition) is 6. The van der Waals surface area contributed by atoms with E-state index in [1.807, 2.05) is 4.90 Å². The molecular weight excluding hydrogens is 406 g/mol. The molecule has 1 aromatic heterocycles. The number of likely N-dealkylation sites (tertiary alicyclic amines) is 1. The van der Waals surface area contributed by atoms with Gasteiger partial charge in [0.05, 0.1) is 18.9 Å². The van der Waals surface area contributed by atoms with Crippen molar-refractivity contribution in [2.45, 2.75) is 18.9 Å². The first-order chi connectivity index (χ1) is 14.6. The second-order valence-corrected chi connectivity index (χ2v) is 7.81. The normalized spacial score (nSPS) is 19.1. The smallest absolute Gasteiger partial charge is 0.258 e. The third-order valence-electron chi connectivity index (χ3n) is 5.66. The fourth-order valence-corrected chi connectivity index (χ4v) is 4.26. The first kappa shape index (κ1) is 20.4. The Balaban J connectivity index is 1.44. The molecule has 3 heterocycles. The van der Waals surface area contributed by atoms with E-state index in [0.717, 1.165) is 12.2 Å². The maximum atomic E-state index is 13.2. The molecule has 0 bridgehead atoms. The molecule has 0 saturated carbocycles. The Morgan fingerprint density at radius 3 is 2.63 bits per heavy atom. The van der Waals surface area contributed by atoms with Gasteiger partial charge in [0.2, 0.25) is 5.91 Å². The van der Waals surface area contributed by atoms with Gasteiger partial charge in [-0.25, -0.2) is 4.98 Å². The topological polar surface area (TPSA) is 78.9 Å². The van der Waals surface area contributed by atoms with Crippen LogP contribution in [0.4, 0.5) is 5.82 Å². The molecule has 0 unspecified atom stereocenters. The van der Waals surface area contributed by atoms with Crippen LogP contribution in [-0.2, 0) is 4.79 Å². The predicted molar refractivity (Wildman–Crippen MR) is 113 cm³/mol. The van der Waals surface area contributed by atoms with Crippen LogP contribution in [0.25, 0.3) is 0 Å². The molecule has 9 heteroatoms. The van der Waals surface area contributed by atoms with E-state index >= 15 is 0 Å². The maximum absolute atomic E-state index is 13.2. The minimum absolute atomic E-state index is 0.000593. The van der Waals surface area contributed by atoms with Crippen molar-refractivity contribution < 1.29 is 14.3 Å². The van der Waals surface area contributed by atoms with Crippen LogP contribution in [0.1, 0.15) is 23.2 Å². The lowest BCUT2D eigenvalue weighted by Gasteiger charge is -2.37. The number of hydrogen-bond donors (Lipinski definition) is 0. The van der Waals surface area contributed by atoms with Gasteiger partial charge in [-0.05, 0) is 31.0 Å². The molecule has 2 aliphatic heterocycles. The van der Waals surface area contributed by atoms with Crippen LogP contribution in [-0.4, -0.2) is 77.5 Å². The van der Waals surface area contributed by atoms with Gasteiger partial charge in [-0.3, -0.25) is 14.6 Å². The number of halogens is 1. The van der Waals surface area contributed by atoms with Gasteiger partial charge in [-0.1, -0.05) is 11.6 Å². The highest BCUT2D eigenvalue weighted by Gasteiger charge is 2.38. The number of ether oxygens (including phenoxy) is 1. The highest BCUT2D eigenvalue weighted by atomic mass is 35.5. The van der Waals surface area contributed by atoms with E-state index in [9.17, 15) is 9.59 Å². The van der Waals surface area contributed by atoms with Gasteiger partial charge in [0.15, 0.2) is 0 Å². The van der Waals surface area contributed by atoms with E-state index in [1.165, 1.54) is 7.11 Å². The van der Waals surface area contributed by atoms with Crippen molar-refractivity contribution in [2.75, 3.05) is 44.7 Å². The summed E-state index contributed by atoms with van der Waals surface area (Å²) in [7, 11) is 1.52. The van der Waals surface area contributed by atoms with Gasteiger partial charge in [-0.15, -0.1) is 0 Å². The monoisotopic (exact) mass is 429 g/mol. The molecule has 2 aromatic rings. The van der Waals surface area contributed by atoms with E-state index < -0.39 is 6.04 Å². The summed E-state index contributed by atoms with van der Waals surface area (Å²) in [6.45, 7) is 3.10. The minimum Gasteiger partial charge on any atom is -0.496 e. The SMILES string of the molecule is COc1ccc(Cl)cc1C(=O)N1CCC[C@H]1C(=O)N1CCN(c2cnccn2)CC1. The zero-order valence-corrected chi connectivity index (χ0v) is 17.6. The van der Waals surface area contributed by atoms with Crippen LogP contribution in [0.5, 0.6) is 5.75 Å². The Labute approximate surface area is 180 Å². The number of carbonyl (C=O) groups excluding carboxylic acids is 2. The Morgan fingerprint density at radius 1 is 1.13 bits per heavy atom. The molecule has 1 atom stereocenters. The van der Waals surface area contributed by atoms with Gasteiger partial charge < -0.3 is 19.4 Å². The van der Waals surface area contributed by atoms with Gasteiger partial charge in [-0.2, -0.15) is 0 Å². The van der Waals surface area contributed by atoms with Crippen LogP contribution in [0.2, 0.25) is 5.02 Å². The molecule has 4 rings (SSSR count). The van der Waals surface area contributed by atoms with E-state index in [0.29, 0.717) is 55.5 Å². The lowest BCUT2D eigenvalue weighted by molar-refractivity contribution is -0.135. The standard InChI is InChI=1S/C21H24ClN5O3/c1-30-18-5-4-15(22)13-16(18)20(28)27-8-2-3-17(27)21(29)26-11-9-25(10-12-26)19-14-23-6-7-24-19/h4-7,13-14,17H,2-3,8-12H2,1H3/t17-/m0/s1. The van der Waals surface area contributed by atoms with Crippen LogP contribution in [0, 0.1) is 0 Å². The number of anilines is 1. The molecule has 0 radical (unpaired) electrons. The first-order valence-corrected chi connectivity index (χ1v) is 10.4. The number of methoxy groups -OCH3 is 1. The van der Waals surface area contributed by atoms with Crippen molar-refractivity contribution in [1.29, 1.82) is 0 Å². The lowest BCUT2D eigenvalue weighted by Crippen LogP contribution is -2.54. The second-order valence-electron chi connectivity index (χ2n) is 7.38. The number of aromatic nitrogens is 2. The average molecular weight is 430 g/mol.